The second-order valence-electron chi connectivity index (χ2n) is 5.02. The molecule has 19 heavy (non-hydrogen) atoms. The van der Waals surface area contributed by atoms with Crippen molar-refractivity contribution in [1.82, 2.24) is 0 Å². The fourth-order valence-corrected chi connectivity index (χ4v) is 2.73. The monoisotopic (exact) mass is 319 g/mol. The molecule has 1 atom stereocenters. The minimum atomic E-state index is -0.180. The van der Waals surface area contributed by atoms with Crippen molar-refractivity contribution in [2.45, 2.75) is 18.9 Å². The SMILES string of the molecule is Fc1ccc(C(Nc2cccc(Br)c2)C2CC2)cc1. The molecule has 1 aliphatic carbocycles. The van der Waals surface area contributed by atoms with Crippen LogP contribution >= 0.6 is 15.9 Å². The highest BCUT2D eigenvalue weighted by Gasteiger charge is 2.32. The van der Waals surface area contributed by atoms with Crippen LogP contribution < -0.4 is 5.32 Å². The molecule has 3 heteroatoms. The van der Waals surface area contributed by atoms with Crippen LogP contribution in [0.5, 0.6) is 0 Å². The highest BCUT2D eigenvalue weighted by atomic mass is 79.9. The van der Waals surface area contributed by atoms with Gasteiger partial charge in [-0.3, -0.25) is 0 Å². The summed E-state index contributed by atoms with van der Waals surface area (Å²) in [5, 5.41) is 3.57. The molecule has 0 heterocycles. The molecule has 0 aliphatic heterocycles. The molecule has 0 radical (unpaired) electrons. The molecule has 1 saturated carbocycles. The molecule has 3 rings (SSSR count). The first kappa shape index (κ1) is 12.7. The van der Waals surface area contributed by atoms with Crippen molar-refractivity contribution in [3.63, 3.8) is 0 Å². The van der Waals surface area contributed by atoms with Crippen molar-refractivity contribution in [1.29, 1.82) is 0 Å². The Morgan fingerprint density at radius 2 is 1.84 bits per heavy atom. The van der Waals surface area contributed by atoms with Crippen LogP contribution in [0.3, 0.4) is 0 Å². The summed E-state index contributed by atoms with van der Waals surface area (Å²) >= 11 is 3.48. The van der Waals surface area contributed by atoms with E-state index in [9.17, 15) is 4.39 Å². The highest BCUT2D eigenvalue weighted by Crippen LogP contribution is 2.43. The Morgan fingerprint density at radius 1 is 1.11 bits per heavy atom. The van der Waals surface area contributed by atoms with E-state index in [1.165, 1.54) is 25.0 Å². The number of hydrogen-bond acceptors (Lipinski definition) is 1. The molecule has 0 aromatic heterocycles. The standard InChI is InChI=1S/C16H15BrFN/c17-13-2-1-3-15(10-13)19-16(11-4-5-11)12-6-8-14(18)9-7-12/h1-3,6-11,16,19H,4-5H2. The Morgan fingerprint density at radius 3 is 2.47 bits per heavy atom. The van der Waals surface area contributed by atoms with Gasteiger partial charge in [-0.05, 0) is 54.7 Å². The Labute approximate surface area is 121 Å². The maximum Gasteiger partial charge on any atom is 0.123 e. The molecule has 98 valence electrons. The van der Waals surface area contributed by atoms with Gasteiger partial charge in [0.1, 0.15) is 5.82 Å². The van der Waals surface area contributed by atoms with E-state index in [0.29, 0.717) is 5.92 Å². The van der Waals surface area contributed by atoms with Crippen molar-refractivity contribution in [2.24, 2.45) is 5.92 Å². The molecule has 0 spiro atoms. The predicted octanol–water partition coefficient (Wildman–Crippen LogP) is 5.15. The molecule has 2 aromatic rings. The first-order valence-electron chi connectivity index (χ1n) is 6.50. The maximum absolute atomic E-state index is 13.0. The minimum Gasteiger partial charge on any atom is -0.378 e. The third-order valence-electron chi connectivity index (χ3n) is 3.47. The first-order valence-corrected chi connectivity index (χ1v) is 7.29. The van der Waals surface area contributed by atoms with Crippen molar-refractivity contribution in [3.8, 4) is 0 Å². The van der Waals surface area contributed by atoms with Crippen LogP contribution in [0.25, 0.3) is 0 Å². The summed E-state index contributed by atoms with van der Waals surface area (Å²) in [5.41, 5.74) is 2.25. The summed E-state index contributed by atoms with van der Waals surface area (Å²) in [6.07, 6.45) is 2.48. The van der Waals surface area contributed by atoms with Gasteiger partial charge < -0.3 is 5.32 Å². The van der Waals surface area contributed by atoms with Gasteiger partial charge in [-0.2, -0.15) is 0 Å². The number of hydrogen-bond donors (Lipinski definition) is 1. The van der Waals surface area contributed by atoms with Crippen LogP contribution in [0.4, 0.5) is 10.1 Å². The first-order chi connectivity index (χ1) is 9.22. The molecule has 0 bridgehead atoms. The van der Waals surface area contributed by atoms with E-state index in [1.807, 2.05) is 24.3 Å². The Bertz CT molecular complexity index is 563. The molecule has 1 N–H and O–H groups in total. The molecular formula is C16H15BrFN. The normalized spacial score (nSPS) is 16.1. The van der Waals surface area contributed by atoms with Gasteiger partial charge in [0.25, 0.3) is 0 Å². The topological polar surface area (TPSA) is 12.0 Å². The van der Waals surface area contributed by atoms with Gasteiger partial charge in [0.15, 0.2) is 0 Å². The quantitative estimate of drug-likeness (QED) is 0.821. The minimum absolute atomic E-state index is 0.180. The van der Waals surface area contributed by atoms with Gasteiger partial charge in [-0.1, -0.05) is 34.1 Å². The summed E-state index contributed by atoms with van der Waals surface area (Å²) in [4.78, 5) is 0. The number of rotatable bonds is 4. The van der Waals surface area contributed by atoms with E-state index in [2.05, 4.69) is 33.4 Å². The fourth-order valence-electron chi connectivity index (χ4n) is 2.33. The van der Waals surface area contributed by atoms with Gasteiger partial charge in [0.2, 0.25) is 0 Å². The average molecular weight is 320 g/mol. The van der Waals surface area contributed by atoms with E-state index >= 15 is 0 Å². The fraction of sp³-hybridized carbons (Fsp3) is 0.250. The zero-order chi connectivity index (χ0) is 13.2. The van der Waals surface area contributed by atoms with Crippen LogP contribution in [0.2, 0.25) is 0 Å². The van der Waals surface area contributed by atoms with Crippen LogP contribution in [-0.4, -0.2) is 0 Å². The second kappa shape index (κ2) is 5.33. The largest absolute Gasteiger partial charge is 0.378 e. The lowest BCUT2D eigenvalue weighted by atomic mass is 10.0. The molecule has 1 nitrogen and oxygen atoms in total. The third-order valence-corrected chi connectivity index (χ3v) is 3.96. The van der Waals surface area contributed by atoms with Gasteiger partial charge in [0.05, 0.1) is 6.04 Å². The number of nitrogens with one attached hydrogen (secondary N) is 1. The summed E-state index contributed by atoms with van der Waals surface area (Å²) in [6, 6.07) is 15.3. The summed E-state index contributed by atoms with van der Waals surface area (Å²) in [6.45, 7) is 0. The highest BCUT2D eigenvalue weighted by molar-refractivity contribution is 9.10. The average Bonchev–Trinajstić information content (AvgIpc) is 3.22. The van der Waals surface area contributed by atoms with Crippen LogP contribution in [-0.2, 0) is 0 Å². The van der Waals surface area contributed by atoms with Crippen molar-refractivity contribution < 1.29 is 4.39 Å². The van der Waals surface area contributed by atoms with Crippen LogP contribution in [0.15, 0.2) is 53.0 Å². The van der Waals surface area contributed by atoms with Crippen molar-refractivity contribution >= 4 is 21.6 Å². The Kier molecular flexibility index (Phi) is 3.56. The lowest BCUT2D eigenvalue weighted by Crippen LogP contribution is -2.12. The lowest BCUT2D eigenvalue weighted by molar-refractivity contribution is 0.622. The van der Waals surface area contributed by atoms with Gasteiger partial charge in [-0.25, -0.2) is 4.39 Å². The van der Waals surface area contributed by atoms with Crippen LogP contribution in [0, 0.1) is 11.7 Å². The van der Waals surface area contributed by atoms with Gasteiger partial charge >= 0.3 is 0 Å². The van der Waals surface area contributed by atoms with E-state index in [4.69, 9.17) is 0 Å². The second-order valence-corrected chi connectivity index (χ2v) is 5.94. The number of halogens is 2. The lowest BCUT2D eigenvalue weighted by Gasteiger charge is -2.20. The van der Waals surface area contributed by atoms with Gasteiger partial charge in [-0.15, -0.1) is 0 Å². The molecule has 0 saturated heterocycles. The Balaban J connectivity index is 1.83. The van der Waals surface area contributed by atoms with Crippen molar-refractivity contribution in [3.05, 3.63) is 64.4 Å². The molecule has 1 fully saturated rings. The molecule has 1 unspecified atom stereocenters. The zero-order valence-electron chi connectivity index (χ0n) is 10.4. The third kappa shape index (κ3) is 3.16. The van der Waals surface area contributed by atoms with Crippen molar-refractivity contribution in [2.75, 3.05) is 5.32 Å². The smallest absolute Gasteiger partial charge is 0.123 e. The molecule has 0 amide bonds. The molecule has 1 aliphatic rings. The molecular weight excluding hydrogens is 305 g/mol. The molecule has 2 aromatic carbocycles. The summed E-state index contributed by atoms with van der Waals surface area (Å²) < 4.78 is 14.1. The number of benzene rings is 2. The zero-order valence-corrected chi connectivity index (χ0v) is 12.0. The van der Waals surface area contributed by atoms with Crippen LogP contribution in [0.1, 0.15) is 24.4 Å². The van der Waals surface area contributed by atoms with Gasteiger partial charge in [0, 0.05) is 10.2 Å². The predicted molar refractivity (Wildman–Crippen MR) is 79.6 cm³/mol. The Hall–Kier alpha value is -1.35. The summed E-state index contributed by atoms with van der Waals surface area (Å²) in [5.74, 6) is 0.477. The number of anilines is 1. The summed E-state index contributed by atoms with van der Waals surface area (Å²) in [7, 11) is 0. The van der Waals surface area contributed by atoms with E-state index in [1.54, 1.807) is 0 Å². The van der Waals surface area contributed by atoms with E-state index in [0.717, 1.165) is 15.7 Å². The van der Waals surface area contributed by atoms with E-state index < -0.39 is 0 Å². The maximum atomic E-state index is 13.0. The van der Waals surface area contributed by atoms with E-state index in [-0.39, 0.29) is 11.9 Å².